The van der Waals surface area contributed by atoms with Crippen molar-refractivity contribution in [2.45, 2.75) is 84.0 Å². The summed E-state index contributed by atoms with van der Waals surface area (Å²) in [5, 5.41) is 9.84. The van der Waals surface area contributed by atoms with Crippen LogP contribution >= 0.6 is 0 Å². The SMILES string of the molecule is CC(C)(C)OC(=O)[C@H]([C@@H](O)CCO[Si](C)(C)C(C)(C)C)C(F)(F)F. The van der Waals surface area contributed by atoms with Crippen molar-refractivity contribution in [3.63, 3.8) is 0 Å². The Labute approximate surface area is 143 Å². The zero-order valence-electron chi connectivity index (χ0n) is 15.9. The first-order valence-corrected chi connectivity index (χ1v) is 10.9. The molecule has 0 heterocycles. The quantitative estimate of drug-likeness (QED) is 0.558. The highest BCUT2D eigenvalue weighted by atomic mass is 28.4. The van der Waals surface area contributed by atoms with E-state index in [1.807, 2.05) is 33.9 Å². The second-order valence-corrected chi connectivity index (χ2v) is 13.3. The van der Waals surface area contributed by atoms with E-state index in [9.17, 15) is 23.1 Å². The molecule has 0 aromatic heterocycles. The van der Waals surface area contributed by atoms with Crippen LogP contribution in [-0.2, 0) is 14.0 Å². The highest BCUT2D eigenvalue weighted by Gasteiger charge is 2.51. The molecule has 4 nitrogen and oxygen atoms in total. The molecule has 0 aromatic rings. The second kappa shape index (κ2) is 7.74. The average molecular weight is 373 g/mol. The molecule has 0 radical (unpaired) electrons. The van der Waals surface area contributed by atoms with Crippen LogP contribution < -0.4 is 0 Å². The van der Waals surface area contributed by atoms with Gasteiger partial charge < -0.3 is 14.3 Å². The smallest absolute Gasteiger partial charge is 0.404 e. The van der Waals surface area contributed by atoms with Crippen LogP contribution in [0.3, 0.4) is 0 Å². The Morgan fingerprint density at radius 1 is 1.08 bits per heavy atom. The lowest BCUT2D eigenvalue weighted by atomic mass is 9.99. The molecule has 0 unspecified atom stereocenters. The van der Waals surface area contributed by atoms with Gasteiger partial charge in [-0.3, -0.25) is 4.79 Å². The molecule has 144 valence electrons. The number of hydrogen-bond acceptors (Lipinski definition) is 4. The molecule has 24 heavy (non-hydrogen) atoms. The van der Waals surface area contributed by atoms with Gasteiger partial charge in [-0.15, -0.1) is 0 Å². The number of ether oxygens (including phenoxy) is 1. The van der Waals surface area contributed by atoms with E-state index >= 15 is 0 Å². The van der Waals surface area contributed by atoms with Crippen molar-refractivity contribution >= 4 is 14.3 Å². The van der Waals surface area contributed by atoms with E-state index in [-0.39, 0.29) is 18.1 Å². The number of hydrogen-bond donors (Lipinski definition) is 1. The molecule has 8 heteroatoms. The van der Waals surface area contributed by atoms with E-state index in [1.165, 1.54) is 20.8 Å². The number of aliphatic hydroxyl groups excluding tert-OH is 1. The van der Waals surface area contributed by atoms with Gasteiger partial charge in [-0.1, -0.05) is 20.8 Å². The first kappa shape index (κ1) is 23.4. The predicted molar refractivity (Wildman–Crippen MR) is 89.2 cm³/mol. The molecule has 2 atom stereocenters. The van der Waals surface area contributed by atoms with E-state index < -0.39 is 38.1 Å². The van der Waals surface area contributed by atoms with E-state index in [4.69, 9.17) is 9.16 Å². The molecular weight excluding hydrogens is 341 g/mol. The van der Waals surface area contributed by atoms with Crippen LogP contribution in [0.1, 0.15) is 48.0 Å². The Morgan fingerprint density at radius 3 is 1.88 bits per heavy atom. The number of halogens is 3. The summed E-state index contributed by atoms with van der Waals surface area (Å²) in [4.78, 5) is 11.8. The maximum Gasteiger partial charge on any atom is 0.404 e. The lowest BCUT2D eigenvalue weighted by molar-refractivity contribution is -0.221. The van der Waals surface area contributed by atoms with Gasteiger partial charge in [0.25, 0.3) is 0 Å². The minimum Gasteiger partial charge on any atom is -0.459 e. The fourth-order valence-corrected chi connectivity index (χ4v) is 2.75. The molecule has 0 aliphatic heterocycles. The van der Waals surface area contributed by atoms with Crippen LogP contribution in [0.4, 0.5) is 13.2 Å². The van der Waals surface area contributed by atoms with Crippen molar-refractivity contribution in [2.75, 3.05) is 6.61 Å². The zero-order valence-corrected chi connectivity index (χ0v) is 16.9. The lowest BCUT2D eigenvalue weighted by Crippen LogP contribution is -2.45. The maximum atomic E-state index is 13.2. The maximum absolute atomic E-state index is 13.2. The van der Waals surface area contributed by atoms with Crippen LogP contribution in [0.25, 0.3) is 0 Å². The van der Waals surface area contributed by atoms with Gasteiger partial charge in [0.15, 0.2) is 14.2 Å². The summed E-state index contributed by atoms with van der Waals surface area (Å²) in [6, 6.07) is 0. The first-order valence-electron chi connectivity index (χ1n) is 8.00. The number of carbonyl (C=O) groups excluding carboxylic acids is 1. The molecule has 0 amide bonds. The van der Waals surface area contributed by atoms with Crippen molar-refractivity contribution in [1.29, 1.82) is 0 Å². The zero-order chi connectivity index (χ0) is 19.6. The summed E-state index contributed by atoms with van der Waals surface area (Å²) in [5.41, 5.74) is -1.06. The third-order valence-corrected chi connectivity index (χ3v) is 8.62. The van der Waals surface area contributed by atoms with Crippen LogP contribution in [0.2, 0.25) is 18.1 Å². The van der Waals surface area contributed by atoms with Crippen LogP contribution in [0.5, 0.6) is 0 Å². The third-order valence-electron chi connectivity index (χ3n) is 4.08. The fourth-order valence-electron chi connectivity index (χ4n) is 1.69. The molecule has 0 rings (SSSR count). The van der Waals surface area contributed by atoms with Crippen molar-refractivity contribution in [1.82, 2.24) is 0 Å². The number of aliphatic hydroxyl groups is 1. The Kier molecular flexibility index (Phi) is 7.55. The highest BCUT2D eigenvalue weighted by Crippen LogP contribution is 2.37. The van der Waals surface area contributed by atoms with Gasteiger partial charge in [-0.05, 0) is 45.3 Å². The number of esters is 1. The standard InChI is InChI=1S/C16H31F3O4Si/c1-14(2,3)23-13(21)12(16(17,18)19)11(20)9-10-22-24(7,8)15(4,5)6/h11-12,20H,9-10H2,1-8H3/t11-,12-/m0/s1. The molecular formula is C16H31F3O4Si. The molecule has 0 aliphatic rings. The highest BCUT2D eigenvalue weighted by molar-refractivity contribution is 6.74. The van der Waals surface area contributed by atoms with Crippen molar-refractivity contribution in [3.05, 3.63) is 0 Å². The van der Waals surface area contributed by atoms with Gasteiger partial charge in [-0.2, -0.15) is 13.2 Å². The molecule has 0 spiro atoms. The number of rotatable bonds is 6. The average Bonchev–Trinajstić information content (AvgIpc) is 2.21. The van der Waals surface area contributed by atoms with Gasteiger partial charge in [0.05, 0.1) is 6.10 Å². The minimum atomic E-state index is -4.88. The summed E-state index contributed by atoms with van der Waals surface area (Å²) in [6.45, 7) is 14.4. The van der Waals surface area contributed by atoms with Gasteiger partial charge >= 0.3 is 12.1 Å². The minimum absolute atomic E-state index is 0.0347. The predicted octanol–water partition coefficient (Wildman–Crippen LogP) is 4.28. The van der Waals surface area contributed by atoms with Crippen LogP contribution in [0.15, 0.2) is 0 Å². The summed E-state index contributed by atoms with van der Waals surface area (Å²) in [6.07, 6.45) is -7.06. The molecule has 0 aliphatic carbocycles. The summed E-state index contributed by atoms with van der Waals surface area (Å²) >= 11 is 0. The molecule has 0 fully saturated rings. The van der Waals surface area contributed by atoms with Gasteiger partial charge in [0.1, 0.15) is 5.60 Å². The number of carbonyl (C=O) groups is 1. The van der Waals surface area contributed by atoms with E-state index in [0.29, 0.717) is 0 Å². The van der Waals surface area contributed by atoms with Crippen molar-refractivity contribution in [3.8, 4) is 0 Å². The third kappa shape index (κ3) is 7.52. The lowest BCUT2D eigenvalue weighted by Gasteiger charge is -2.36. The monoisotopic (exact) mass is 372 g/mol. The van der Waals surface area contributed by atoms with E-state index in [1.54, 1.807) is 0 Å². The molecule has 1 N–H and O–H groups in total. The Balaban J connectivity index is 4.93. The summed E-state index contributed by atoms with van der Waals surface area (Å²) in [5.74, 6) is -4.03. The van der Waals surface area contributed by atoms with Gasteiger partial charge in [0, 0.05) is 6.61 Å². The molecule has 0 saturated heterocycles. The van der Waals surface area contributed by atoms with Gasteiger partial charge in [0.2, 0.25) is 0 Å². The fraction of sp³-hybridized carbons (Fsp3) is 0.938. The Bertz CT molecular complexity index is 423. The molecule has 0 aromatic carbocycles. The van der Waals surface area contributed by atoms with E-state index in [2.05, 4.69) is 0 Å². The van der Waals surface area contributed by atoms with Crippen molar-refractivity contribution in [2.24, 2.45) is 5.92 Å². The van der Waals surface area contributed by atoms with Crippen LogP contribution in [0, 0.1) is 5.92 Å². The van der Waals surface area contributed by atoms with Crippen LogP contribution in [-0.4, -0.2) is 43.9 Å². The van der Waals surface area contributed by atoms with E-state index in [0.717, 1.165) is 0 Å². The largest absolute Gasteiger partial charge is 0.459 e. The summed E-state index contributed by atoms with van der Waals surface area (Å²) in [7, 11) is -2.13. The number of alkyl halides is 3. The normalized spacial score (nSPS) is 16.7. The summed E-state index contributed by atoms with van der Waals surface area (Å²) < 4.78 is 50.0. The van der Waals surface area contributed by atoms with Crippen molar-refractivity contribution < 1.29 is 32.2 Å². The topological polar surface area (TPSA) is 55.8 Å². The first-order chi connectivity index (χ1) is 10.4. The van der Waals surface area contributed by atoms with Gasteiger partial charge in [-0.25, -0.2) is 0 Å². The molecule has 0 bridgehead atoms. The Hall–Kier alpha value is -0.603. The Morgan fingerprint density at radius 2 is 1.54 bits per heavy atom. The molecule has 0 saturated carbocycles. The second-order valence-electron chi connectivity index (χ2n) is 8.52.